The van der Waals surface area contributed by atoms with E-state index < -0.39 is 71.7 Å². The summed E-state index contributed by atoms with van der Waals surface area (Å²) in [6, 6.07) is 7.38. The molecule has 42 heavy (non-hydrogen) atoms. The van der Waals surface area contributed by atoms with Gasteiger partial charge in [-0.15, -0.1) is 0 Å². The van der Waals surface area contributed by atoms with Crippen LogP contribution in [0.3, 0.4) is 0 Å². The number of ketones is 1. The highest BCUT2D eigenvalue weighted by Crippen LogP contribution is 2.27. The molecule has 2 aliphatic rings. The number of para-hydroxylation sites is 1. The summed E-state index contributed by atoms with van der Waals surface area (Å²) in [7, 11) is 0. The van der Waals surface area contributed by atoms with Gasteiger partial charge in [0.1, 0.15) is 12.3 Å². The predicted molar refractivity (Wildman–Crippen MR) is 143 cm³/mol. The SMILES string of the molecule is CC1CC1.O=C(CNC(=O)c1cc2ccccc2[nH]1)NC(CC1CCNC1=O)C(=O)COc1c(F)c(F)cc(F)c1F. The number of aromatic amines is 1. The monoisotopic (exact) mass is 590 g/mol. The highest BCUT2D eigenvalue weighted by Gasteiger charge is 2.32. The Bertz CT molecular complexity index is 1430. The summed E-state index contributed by atoms with van der Waals surface area (Å²) in [6.45, 7) is 1.04. The zero-order valence-corrected chi connectivity index (χ0v) is 22.7. The molecule has 1 aromatic heterocycles. The molecular formula is C29H30F4N4O5. The van der Waals surface area contributed by atoms with E-state index in [2.05, 4.69) is 27.9 Å². The van der Waals surface area contributed by atoms with Crippen LogP contribution in [0.1, 0.15) is 43.1 Å². The summed E-state index contributed by atoms with van der Waals surface area (Å²) in [6.07, 6.45) is 3.17. The maximum absolute atomic E-state index is 13.9. The third kappa shape index (κ3) is 7.86. The van der Waals surface area contributed by atoms with Gasteiger partial charge in [0.05, 0.1) is 12.6 Å². The van der Waals surface area contributed by atoms with Crippen LogP contribution in [0.5, 0.6) is 5.75 Å². The van der Waals surface area contributed by atoms with Gasteiger partial charge in [-0.2, -0.15) is 8.78 Å². The van der Waals surface area contributed by atoms with Gasteiger partial charge in [-0.1, -0.05) is 38.0 Å². The molecule has 5 rings (SSSR count). The van der Waals surface area contributed by atoms with Gasteiger partial charge in [0.15, 0.2) is 23.2 Å². The molecule has 1 aliphatic carbocycles. The number of hydrogen-bond acceptors (Lipinski definition) is 5. The van der Waals surface area contributed by atoms with Gasteiger partial charge >= 0.3 is 0 Å². The van der Waals surface area contributed by atoms with E-state index in [-0.39, 0.29) is 24.1 Å². The topological polar surface area (TPSA) is 129 Å². The van der Waals surface area contributed by atoms with Gasteiger partial charge in [-0.3, -0.25) is 19.2 Å². The summed E-state index contributed by atoms with van der Waals surface area (Å²) < 4.78 is 59.4. The van der Waals surface area contributed by atoms with Crippen LogP contribution in [0, 0.1) is 35.1 Å². The maximum atomic E-state index is 13.9. The Hall–Kier alpha value is -4.42. The van der Waals surface area contributed by atoms with E-state index in [9.17, 15) is 36.7 Å². The van der Waals surface area contributed by atoms with E-state index in [1.807, 2.05) is 0 Å². The number of rotatable bonds is 10. The van der Waals surface area contributed by atoms with Crippen LogP contribution >= 0.6 is 0 Å². The van der Waals surface area contributed by atoms with Crippen LogP contribution in [0.15, 0.2) is 36.4 Å². The molecule has 0 bridgehead atoms. The third-order valence-corrected chi connectivity index (χ3v) is 6.89. The Kier molecular flexibility index (Phi) is 9.81. The van der Waals surface area contributed by atoms with E-state index >= 15 is 0 Å². The lowest BCUT2D eigenvalue weighted by Crippen LogP contribution is -2.48. The molecule has 9 nitrogen and oxygen atoms in total. The Labute approximate surface area is 238 Å². The smallest absolute Gasteiger partial charge is 0.268 e. The van der Waals surface area contributed by atoms with Gasteiger partial charge in [0.25, 0.3) is 5.91 Å². The first-order valence-electron chi connectivity index (χ1n) is 13.4. The second-order valence-electron chi connectivity index (χ2n) is 10.3. The van der Waals surface area contributed by atoms with E-state index in [0.717, 1.165) is 11.3 Å². The van der Waals surface area contributed by atoms with Crippen LogP contribution in [-0.2, 0) is 14.4 Å². The Morgan fingerprint density at radius 3 is 2.29 bits per heavy atom. The fourth-order valence-corrected chi connectivity index (χ4v) is 4.21. The minimum Gasteiger partial charge on any atom is -0.479 e. The van der Waals surface area contributed by atoms with Crippen molar-refractivity contribution in [3.05, 3.63) is 65.4 Å². The maximum Gasteiger partial charge on any atom is 0.268 e. The number of Topliss-reactive ketones (excluding diaryl/α,β-unsaturated/α-hetero) is 1. The minimum absolute atomic E-state index is 0.00873. The summed E-state index contributed by atoms with van der Waals surface area (Å²) in [5.74, 6) is -10.7. The Balaban J connectivity index is 0.000000932. The minimum atomic E-state index is -1.83. The Morgan fingerprint density at radius 2 is 1.69 bits per heavy atom. The zero-order chi connectivity index (χ0) is 30.4. The molecular weight excluding hydrogens is 560 g/mol. The fourth-order valence-electron chi connectivity index (χ4n) is 4.21. The summed E-state index contributed by atoms with van der Waals surface area (Å²) in [4.78, 5) is 52.7. The predicted octanol–water partition coefficient (Wildman–Crippen LogP) is 3.53. The highest BCUT2D eigenvalue weighted by atomic mass is 19.2. The average Bonchev–Trinajstić information content (AvgIpc) is 3.45. The van der Waals surface area contributed by atoms with E-state index in [1.165, 1.54) is 12.8 Å². The van der Waals surface area contributed by atoms with E-state index in [1.54, 1.807) is 30.3 Å². The van der Waals surface area contributed by atoms with Crippen molar-refractivity contribution in [1.29, 1.82) is 0 Å². The van der Waals surface area contributed by atoms with Gasteiger partial charge in [-0.25, -0.2) is 8.78 Å². The number of aromatic nitrogens is 1. The normalized spacial score (nSPS) is 16.7. The number of carbonyl (C=O) groups is 4. The lowest BCUT2D eigenvalue weighted by atomic mass is 9.96. The number of ether oxygens (including phenoxy) is 1. The molecule has 0 spiro atoms. The van der Waals surface area contributed by atoms with Crippen LogP contribution in [-0.4, -0.2) is 54.2 Å². The number of hydrogen-bond donors (Lipinski definition) is 4. The number of carbonyl (C=O) groups excluding carboxylic acids is 4. The molecule has 2 heterocycles. The molecule has 1 saturated carbocycles. The summed E-state index contributed by atoms with van der Waals surface area (Å²) in [5.41, 5.74) is 0.919. The number of benzene rings is 2. The van der Waals surface area contributed by atoms with Gasteiger partial charge in [-0.05, 0) is 30.9 Å². The van der Waals surface area contributed by atoms with Crippen LogP contribution in [0.25, 0.3) is 10.9 Å². The molecule has 2 atom stereocenters. The van der Waals surface area contributed by atoms with Crippen molar-refractivity contribution >= 4 is 34.4 Å². The molecule has 0 radical (unpaired) electrons. The molecule has 224 valence electrons. The van der Waals surface area contributed by atoms with Crippen molar-refractivity contribution < 1.29 is 41.5 Å². The molecule has 3 amide bonds. The van der Waals surface area contributed by atoms with Crippen LogP contribution in [0.4, 0.5) is 17.6 Å². The molecule has 3 aromatic rings. The number of amides is 3. The largest absolute Gasteiger partial charge is 0.479 e. The fraction of sp³-hybridized carbons (Fsp3) is 0.379. The van der Waals surface area contributed by atoms with Crippen molar-refractivity contribution in [2.75, 3.05) is 19.7 Å². The molecule has 1 aliphatic heterocycles. The molecule has 2 unspecified atom stereocenters. The third-order valence-electron chi connectivity index (χ3n) is 6.89. The molecule has 4 N–H and O–H groups in total. The van der Waals surface area contributed by atoms with Crippen LogP contribution in [0.2, 0.25) is 0 Å². The molecule has 2 fully saturated rings. The molecule has 2 aromatic carbocycles. The second kappa shape index (κ2) is 13.5. The first kappa shape index (κ1) is 30.5. The summed E-state index contributed by atoms with van der Waals surface area (Å²) in [5, 5.41) is 8.15. The standard InChI is InChI=1S/C25H22F4N4O5.C4H8/c26-14-9-15(27)22(29)23(21(14)28)38-11-19(34)17(8-13-5-6-30-24(13)36)33-20(35)10-31-25(37)18-7-12-3-1-2-4-16(12)32-18;1-4-2-3-4/h1-4,7,9,13,17,32H,5-6,8,10-11H2,(H,30,36)(H,31,37)(H,33,35);4H,2-3H2,1H3. The van der Waals surface area contributed by atoms with Crippen molar-refractivity contribution in [2.24, 2.45) is 11.8 Å². The first-order chi connectivity index (χ1) is 20.0. The van der Waals surface area contributed by atoms with Crippen molar-refractivity contribution in [3.63, 3.8) is 0 Å². The quantitative estimate of drug-likeness (QED) is 0.212. The van der Waals surface area contributed by atoms with Gasteiger partial charge in [0.2, 0.25) is 23.4 Å². The zero-order valence-electron chi connectivity index (χ0n) is 22.7. The van der Waals surface area contributed by atoms with Crippen molar-refractivity contribution in [1.82, 2.24) is 20.9 Å². The van der Waals surface area contributed by atoms with Gasteiger partial charge < -0.3 is 25.7 Å². The van der Waals surface area contributed by atoms with E-state index in [4.69, 9.17) is 4.74 Å². The highest BCUT2D eigenvalue weighted by molar-refractivity contribution is 6.00. The number of fused-ring (bicyclic) bond motifs is 1. The summed E-state index contributed by atoms with van der Waals surface area (Å²) >= 11 is 0. The lowest BCUT2D eigenvalue weighted by molar-refractivity contribution is -0.130. The van der Waals surface area contributed by atoms with Crippen molar-refractivity contribution in [2.45, 2.75) is 38.6 Å². The van der Waals surface area contributed by atoms with Crippen molar-refractivity contribution in [3.8, 4) is 5.75 Å². The molecule has 1 saturated heterocycles. The Morgan fingerprint density at radius 1 is 1.02 bits per heavy atom. The number of nitrogens with one attached hydrogen (secondary N) is 4. The average molecular weight is 591 g/mol. The van der Waals surface area contributed by atoms with Gasteiger partial charge in [0, 0.05) is 29.4 Å². The second-order valence-corrected chi connectivity index (χ2v) is 10.3. The first-order valence-corrected chi connectivity index (χ1v) is 13.4. The van der Waals surface area contributed by atoms with E-state index in [0.29, 0.717) is 18.5 Å². The lowest BCUT2D eigenvalue weighted by Gasteiger charge is -2.20. The number of halogens is 4. The number of H-pyrrole nitrogens is 1. The molecule has 13 heteroatoms. The van der Waals surface area contributed by atoms with Crippen LogP contribution < -0.4 is 20.7 Å².